The fraction of sp³-hybridized carbons (Fsp3) is 0.517. The lowest BCUT2D eigenvalue weighted by atomic mass is 9.69. The van der Waals surface area contributed by atoms with Crippen molar-refractivity contribution >= 4 is 11.9 Å². The molecular weight excluding hydrogens is 442 g/mol. The first-order valence-corrected chi connectivity index (χ1v) is 12.5. The molecule has 1 saturated heterocycles. The average molecular weight is 482 g/mol. The predicted molar refractivity (Wildman–Crippen MR) is 136 cm³/mol. The van der Waals surface area contributed by atoms with Crippen LogP contribution in [0.15, 0.2) is 54.6 Å². The zero-order chi connectivity index (χ0) is 25.8. The minimum atomic E-state index is -0.483. The summed E-state index contributed by atoms with van der Waals surface area (Å²) >= 11 is 0. The number of hydrogen-bond acceptors (Lipinski definition) is 6. The molecule has 2 aromatic carbocycles. The SMILES string of the molecule is CCC1(C)CC(OC(=O)c2cccc(C(=O)OC)c2)C(C)C(C)(CC)N1OC(C)c1ccccc1. The third-order valence-electron chi connectivity index (χ3n) is 7.92. The standard InChI is InChI=1S/C29H39NO5/c1-8-28(5)19-25(34-27(32)24-17-13-16-23(18-24)26(31)33-7)20(3)29(6,9-2)30(28)35-21(4)22-14-11-10-12-15-22/h10-18,20-21,25H,8-9,19H2,1-7H3. The molecule has 5 unspecified atom stereocenters. The lowest BCUT2D eigenvalue weighted by Gasteiger charge is -2.59. The van der Waals surface area contributed by atoms with E-state index in [1.54, 1.807) is 18.2 Å². The summed E-state index contributed by atoms with van der Waals surface area (Å²) in [6, 6.07) is 16.7. The van der Waals surface area contributed by atoms with Crippen molar-refractivity contribution in [1.82, 2.24) is 5.06 Å². The van der Waals surface area contributed by atoms with Gasteiger partial charge in [-0.2, -0.15) is 5.06 Å². The molecule has 1 aliphatic rings. The summed E-state index contributed by atoms with van der Waals surface area (Å²) in [7, 11) is 1.32. The Morgan fingerprint density at radius 3 is 2.20 bits per heavy atom. The molecule has 0 aromatic heterocycles. The lowest BCUT2D eigenvalue weighted by molar-refractivity contribution is -0.335. The van der Waals surface area contributed by atoms with Gasteiger partial charge in [0.2, 0.25) is 0 Å². The van der Waals surface area contributed by atoms with Gasteiger partial charge in [-0.05, 0) is 57.4 Å². The smallest absolute Gasteiger partial charge is 0.338 e. The third kappa shape index (κ3) is 5.44. The minimum absolute atomic E-state index is 0.0165. The van der Waals surface area contributed by atoms with E-state index >= 15 is 0 Å². The van der Waals surface area contributed by atoms with Gasteiger partial charge in [-0.25, -0.2) is 9.59 Å². The van der Waals surface area contributed by atoms with Crippen LogP contribution in [0.1, 0.15) is 93.2 Å². The molecule has 1 heterocycles. The molecule has 0 aliphatic carbocycles. The third-order valence-corrected chi connectivity index (χ3v) is 7.92. The van der Waals surface area contributed by atoms with E-state index < -0.39 is 11.9 Å². The van der Waals surface area contributed by atoms with E-state index in [-0.39, 0.29) is 29.2 Å². The first-order chi connectivity index (χ1) is 16.6. The molecule has 0 radical (unpaired) electrons. The maximum absolute atomic E-state index is 13.1. The zero-order valence-corrected chi connectivity index (χ0v) is 22.0. The van der Waals surface area contributed by atoms with Crippen molar-refractivity contribution < 1.29 is 23.9 Å². The second-order valence-corrected chi connectivity index (χ2v) is 10.0. The Kier molecular flexibility index (Phi) is 8.39. The summed E-state index contributed by atoms with van der Waals surface area (Å²) in [5.41, 5.74) is 1.10. The van der Waals surface area contributed by atoms with Gasteiger partial charge in [0.25, 0.3) is 0 Å². The second-order valence-electron chi connectivity index (χ2n) is 10.0. The molecule has 0 bridgehead atoms. The first-order valence-electron chi connectivity index (χ1n) is 12.5. The summed E-state index contributed by atoms with van der Waals surface area (Å²) < 4.78 is 10.9. The molecule has 0 amide bonds. The van der Waals surface area contributed by atoms with Crippen molar-refractivity contribution in [3.63, 3.8) is 0 Å². The molecule has 0 saturated carbocycles. The number of hydrogen-bond donors (Lipinski definition) is 0. The highest BCUT2D eigenvalue weighted by Crippen LogP contribution is 2.48. The van der Waals surface area contributed by atoms with E-state index in [0.717, 1.165) is 18.4 Å². The highest BCUT2D eigenvalue weighted by atomic mass is 16.7. The summed E-state index contributed by atoms with van der Waals surface area (Å²) in [5, 5.41) is 2.19. The number of carbonyl (C=O) groups excluding carboxylic acids is 2. The van der Waals surface area contributed by atoms with Crippen LogP contribution in [-0.2, 0) is 14.3 Å². The number of nitrogens with zero attached hydrogens (tertiary/aromatic N) is 1. The number of carbonyl (C=O) groups is 2. The highest BCUT2D eigenvalue weighted by molar-refractivity contribution is 5.95. The molecule has 1 aliphatic heterocycles. The van der Waals surface area contributed by atoms with Gasteiger partial charge in [0.1, 0.15) is 12.2 Å². The molecule has 0 spiro atoms. The van der Waals surface area contributed by atoms with Crippen LogP contribution in [0.4, 0.5) is 0 Å². The number of esters is 2. The van der Waals surface area contributed by atoms with E-state index in [1.807, 2.05) is 18.2 Å². The van der Waals surface area contributed by atoms with Crippen LogP contribution in [0.2, 0.25) is 0 Å². The molecule has 0 N–H and O–H groups in total. The van der Waals surface area contributed by atoms with Gasteiger partial charge in [-0.1, -0.05) is 57.2 Å². The maximum atomic E-state index is 13.1. The van der Waals surface area contributed by atoms with Gasteiger partial charge >= 0.3 is 11.9 Å². The van der Waals surface area contributed by atoms with E-state index in [0.29, 0.717) is 17.5 Å². The van der Waals surface area contributed by atoms with Gasteiger partial charge in [-0.15, -0.1) is 0 Å². The number of ether oxygens (including phenoxy) is 2. The Hall–Kier alpha value is -2.70. The fourth-order valence-electron chi connectivity index (χ4n) is 5.08. The summed E-state index contributed by atoms with van der Waals surface area (Å²) in [5.74, 6) is -0.900. The number of benzene rings is 2. The molecule has 2 aromatic rings. The van der Waals surface area contributed by atoms with Gasteiger partial charge in [0, 0.05) is 23.4 Å². The summed E-state index contributed by atoms with van der Waals surface area (Å²) in [4.78, 5) is 31.8. The Morgan fingerprint density at radius 1 is 1.00 bits per heavy atom. The van der Waals surface area contributed by atoms with Crippen LogP contribution in [0, 0.1) is 5.92 Å². The van der Waals surface area contributed by atoms with Crippen LogP contribution in [0.3, 0.4) is 0 Å². The molecule has 190 valence electrons. The number of methoxy groups -OCH3 is 1. The van der Waals surface area contributed by atoms with Crippen molar-refractivity contribution in [3.05, 3.63) is 71.3 Å². The molecule has 5 atom stereocenters. The van der Waals surface area contributed by atoms with Crippen molar-refractivity contribution in [3.8, 4) is 0 Å². The predicted octanol–water partition coefficient (Wildman–Crippen LogP) is 6.37. The summed E-state index contributed by atoms with van der Waals surface area (Å²) in [6.07, 6.45) is 1.90. The van der Waals surface area contributed by atoms with Gasteiger partial charge < -0.3 is 9.47 Å². The summed E-state index contributed by atoms with van der Waals surface area (Å²) in [6.45, 7) is 12.9. The average Bonchev–Trinajstić information content (AvgIpc) is 2.89. The first kappa shape index (κ1) is 26.9. The molecule has 3 rings (SSSR count). The van der Waals surface area contributed by atoms with E-state index in [4.69, 9.17) is 14.3 Å². The second kappa shape index (κ2) is 10.9. The van der Waals surface area contributed by atoms with Crippen LogP contribution >= 0.6 is 0 Å². The number of rotatable bonds is 8. The van der Waals surface area contributed by atoms with E-state index in [1.165, 1.54) is 13.2 Å². The lowest BCUT2D eigenvalue weighted by Crippen LogP contribution is -2.68. The molecule has 6 heteroatoms. The van der Waals surface area contributed by atoms with E-state index in [9.17, 15) is 9.59 Å². The van der Waals surface area contributed by atoms with Gasteiger partial charge in [0.15, 0.2) is 0 Å². The van der Waals surface area contributed by atoms with Gasteiger partial charge in [0.05, 0.1) is 18.2 Å². The maximum Gasteiger partial charge on any atom is 0.338 e. The Balaban J connectivity index is 1.86. The van der Waals surface area contributed by atoms with E-state index in [2.05, 4.69) is 58.7 Å². The van der Waals surface area contributed by atoms with Gasteiger partial charge in [-0.3, -0.25) is 4.84 Å². The van der Waals surface area contributed by atoms with Crippen LogP contribution in [0.5, 0.6) is 0 Å². The van der Waals surface area contributed by atoms with Crippen LogP contribution in [-0.4, -0.2) is 41.3 Å². The van der Waals surface area contributed by atoms with Crippen LogP contribution in [0.25, 0.3) is 0 Å². The molecule has 35 heavy (non-hydrogen) atoms. The number of hydroxylamine groups is 2. The Labute approximate surface area is 209 Å². The quantitative estimate of drug-likeness (QED) is 0.408. The Morgan fingerprint density at radius 2 is 1.63 bits per heavy atom. The van der Waals surface area contributed by atoms with Crippen molar-refractivity contribution in [1.29, 1.82) is 0 Å². The van der Waals surface area contributed by atoms with Crippen molar-refractivity contribution in [2.45, 2.75) is 84.1 Å². The minimum Gasteiger partial charge on any atom is -0.465 e. The normalized spacial score (nSPS) is 27.7. The van der Waals surface area contributed by atoms with Crippen molar-refractivity contribution in [2.24, 2.45) is 5.92 Å². The topological polar surface area (TPSA) is 65.1 Å². The molecule has 1 fully saturated rings. The monoisotopic (exact) mass is 481 g/mol. The van der Waals surface area contributed by atoms with Crippen LogP contribution < -0.4 is 0 Å². The number of piperidine rings is 1. The largest absolute Gasteiger partial charge is 0.465 e. The zero-order valence-electron chi connectivity index (χ0n) is 22.0. The molecule has 6 nitrogen and oxygen atoms in total. The molecular formula is C29H39NO5. The highest BCUT2D eigenvalue weighted by Gasteiger charge is 2.55. The van der Waals surface area contributed by atoms with Crippen molar-refractivity contribution in [2.75, 3.05) is 7.11 Å². The fourth-order valence-corrected chi connectivity index (χ4v) is 5.08. The Bertz CT molecular complexity index is 1020.